The van der Waals surface area contributed by atoms with Crippen LogP contribution in [0, 0.1) is 0 Å². The number of nitrogens with one attached hydrogen (secondary N) is 1. The highest BCUT2D eigenvalue weighted by Crippen LogP contribution is 2.14. The first-order valence-corrected chi connectivity index (χ1v) is 12.8. The van der Waals surface area contributed by atoms with Crippen LogP contribution in [0.2, 0.25) is 0 Å². The SMILES string of the molecule is CCCCCCCCCCCCCCC[C@@H](O)[C@H](CO)NC(=O)CC(O)CCCC. The Morgan fingerprint density at radius 2 is 1.17 bits per heavy atom. The van der Waals surface area contributed by atoms with E-state index in [1.54, 1.807) is 0 Å². The fourth-order valence-electron chi connectivity index (χ4n) is 3.86. The van der Waals surface area contributed by atoms with Gasteiger partial charge in [-0.25, -0.2) is 0 Å². The Kier molecular flexibility index (Phi) is 21.1. The van der Waals surface area contributed by atoms with E-state index in [1.165, 1.54) is 70.6 Å². The topological polar surface area (TPSA) is 89.8 Å². The van der Waals surface area contributed by atoms with Gasteiger partial charge in [-0.15, -0.1) is 0 Å². The summed E-state index contributed by atoms with van der Waals surface area (Å²) in [5, 5.41) is 32.3. The predicted molar refractivity (Wildman–Crippen MR) is 125 cm³/mol. The largest absolute Gasteiger partial charge is 0.394 e. The van der Waals surface area contributed by atoms with Gasteiger partial charge in [0.1, 0.15) is 0 Å². The molecule has 0 aromatic heterocycles. The van der Waals surface area contributed by atoms with E-state index >= 15 is 0 Å². The summed E-state index contributed by atoms with van der Waals surface area (Å²) in [5.74, 6) is -0.304. The van der Waals surface area contributed by atoms with Gasteiger partial charge in [0.05, 0.1) is 31.3 Å². The number of hydrogen-bond acceptors (Lipinski definition) is 4. The summed E-state index contributed by atoms with van der Waals surface area (Å²) in [6, 6.07) is -0.645. The molecule has 5 nitrogen and oxygen atoms in total. The number of amides is 1. The molecule has 30 heavy (non-hydrogen) atoms. The molecular formula is C25H51NO4. The van der Waals surface area contributed by atoms with Crippen molar-refractivity contribution in [3.63, 3.8) is 0 Å². The Labute approximate surface area is 186 Å². The van der Waals surface area contributed by atoms with Crippen LogP contribution < -0.4 is 5.32 Å². The smallest absolute Gasteiger partial charge is 0.222 e. The van der Waals surface area contributed by atoms with Gasteiger partial charge < -0.3 is 20.6 Å². The van der Waals surface area contributed by atoms with Crippen molar-refractivity contribution in [3.8, 4) is 0 Å². The molecular weight excluding hydrogens is 378 g/mol. The van der Waals surface area contributed by atoms with Crippen molar-refractivity contribution in [2.45, 2.75) is 148 Å². The lowest BCUT2D eigenvalue weighted by molar-refractivity contribution is -0.125. The van der Waals surface area contributed by atoms with Gasteiger partial charge in [-0.2, -0.15) is 0 Å². The molecule has 0 bridgehead atoms. The molecule has 0 aliphatic carbocycles. The average molecular weight is 430 g/mol. The molecule has 3 atom stereocenters. The summed E-state index contributed by atoms with van der Waals surface area (Å²) in [4.78, 5) is 12.0. The number of aliphatic hydroxyl groups excluding tert-OH is 3. The first-order valence-electron chi connectivity index (χ1n) is 12.8. The fourth-order valence-corrected chi connectivity index (χ4v) is 3.86. The monoisotopic (exact) mass is 429 g/mol. The summed E-state index contributed by atoms with van der Waals surface area (Å²) in [6.07, 6.45) is 18.4. The molecule has 4 N–H and O–H groups in total. The Hall–Kier alpha value is -0.650. The molecule has 0 rings (SSSR count). The van der Waals surface area contributed by atoms with Crippen molar-refractivity contribution in [2.24, 2.45) is 0 Å². The first kappa shape index (κ1) is 29.4. The summed E-state index contributed by atoms with van der Waals surface area (Å²) in [5.41, 5.74) is 0. The zero-order valence-electron chi connectivity index (χ0n) is 19.9. The van der Waals surface area contributed by atoms with E-state index in [2.05, 4.69) is 12.2 Å². The lowest BCUT2D eigenvalue weighted by atomic mass is 10.0. The zero-order valence-corrected chi connectivity index (χ0v) is 19.9. The quantitative estimate of drug-likeness (QED) is 0.177. The van der Waals surface area contributed by atoms with E-state index in [4.69, 9.17) is 0 Å². The van der Waals surface area contributed by atoms with E-state index in [9.17, 15) is 20.1 Å². The third-order valence-electron chi connectivity index (χ3n) is 5.92. The van der Waals surface area contributed by atoms with E-state index in [1.807, 2.05) is 6.92 Å². The number of carbonyl (C=O) groups excluding carboxylic acids is 1. The van der Waals surface area contributed by atoms with Crippen LogP contribution in [-0.4, -0.2) is 46.1 Å². The molecule has 1 amide bonds. The highest BCUT2D eigenvalue weighted by atomic mass is 16.3. The number of rotatable bonds is 22. The van der Waals surface area contributed by atoms with Gasteiger partial charge in [-0.1, -0.05) is 110 Å². The maximum absolute atomic E-state index is 12.0. The molecule has 180 valence electrons. The number of hydrogen-bond donors (Lipinski definition) is 4. The van der Waals surface area contributed by atoms with Gasteiger partial charge in [-0.3, -0.25) is 4.79 Å². The summed E-state index contributed by atoms with van der Waals surface area (Å²) in [7, 11) is 0. The molecule has 0 aliphatic rings. The Balaban J connectivity index is 3.66. The zero-order chi connectivity index (χ0) is 22.5. The third-order valence-corrected chi connectivity index (χ3v) is 5.92. The van der Waals surface area contributed by atoms with Crippen LogP contribution in [-0.2, 0) is 4.79 Å². The second-order valence-electron chi connectivity index (χ2n) is 8.96. The molecule has 0 aromatic carbocycles. The van der Waals surface area contributed by atoms with Crippen molar-refractivity contribution >= 4 is 5.91 Å². The fraction of sp³-hybridized carbons (Fsp3) is 0.960. The van der Waals surface area contributed by atoms with Crippen molar-refractivity contribution in [3.05, 3.63) is 0 Å². The van der Waals surface area contributed by atoms with E-state index in [0.29, 0.717) is 12.8 Å². The normalized spacial score (nSPS) is 14.4. The molecule has 0 saturated carbocycles. The van der Waals surface area contributed by atoms with Gasteiger partial charge in [0, 0.05) is 0 Å². The van der Waals surface area contributed by atoms with Crippen molar-refractivity contribution < 1.29 is 20.1 Å². The van der Waals surface area contributed by atoms with Gasteiger partial charge in [-0.05, 0) is 12.8 Å². The minimum absolute atomic E-state index is 0.0297. The van der Waals surface area contributed by atoms with Crippen LogP contribution in [0.4, 0.5) is 0 Å². The van der Waals surface area contributed by atoms with Crippen molar-refractivity contribution in [1.29, 1.82) is 0 Å². The van der Waals surface area contributed by atoms with E-state index < -0.39 is 18.2 Å². The second-order valence-corrected chi connectivity index (χ2v) is 8.96. The van der Waals surface area contributed by atoms with Crippen molar-refractivity contribution in [2.75, 3.05) is 6.61 Å². The molecule has 0 spiro atoms. The molecule has 5 heteroatoms. The Morgan fingerprint density at radius 3 is 1.63 bits per heavy atom. The summed E-state index contributed by atoms with van der Waals surface area (Å²) < 4.78 is 0. The number of unbranched alkanes of at least 4 members (excludes halogenated alkanes) is 13. The van der Waals surface area contributed by atoms with Crippen molar-refractivity contribution in [1.82, 2.24) is 5.32 Å². The van der Waals surface area contributed by atoms with Gasteiger partial charge in [0.15, 0.2) is 0 Å². The molecule has 0 fully saturated rings. The lowest BCUT2D eigenvalue weighted by Gasteiger charge is -2.23. The van der Waals surface area contributed by atoms with Crippen LogP contribution in [0.25, 0.3) is 0 Å². The third kappa shape index (κ3) is 18.1. The van der Waals surface area contributed by atoms with Gasteiger partial charge in [0.2, 0.25) is 5.91 Å². The Bertz CT molecular complexity index is 378. The average Bonchev–Trinajstić information content (AvgIpc) is 2.73. The number of carbonyl (C=O) groups is 1. The van der Waals surface area contributed by atoms with Crippen LogP contribution >= 0.6 is 0 Å². The molecule has 0 saturated heterocycles. The van der Waals surface area contributed by atoms with Crippen LogP contribution in [0.3, 0.4) is 0 Å². The van der Waals surface area contributed by atoms with Gasteiger partial charge in [0.25, 0.3) is 0 Å². The minimum atomic E-state index is -0.737. The standard InChI is InChI=1S/C25H51NO4/c1-3-5-7-8-9-10-11-12-13-14-15-16-17-19-24(29)23(21-27)26-25(30)20-22(28)18-6-4-2/h22-24,27-29H,3-21H2,1-2H3,(H,26,30)/t22?,23-,24+/m0/s1. The Morgan fingerprint density at radius 1 is 0.700 bits per heavy atom. The van der Waals surface area contributed by atoms with Crippen LogP contribution in [0.1, 0.15) is 129 Å². The summed E-state index contributed by atoms with van der Waals surface area (Å²) in [6.45, 7) is 4.02. The van der Waals surface area contributed by atoms with Gasteiger partial charge >= 0.3 is 0 Å². The molecule has 0 aliphatic heterocycles. The van der Waals surface area contributed by atoms with Crippen LogP contribution in [0.15, 0.2) is 0 Å². The lowest BCUT2D eigenvalue weighted by Crippen LogP contribution is -2.46. The molecule has 0 heterocycles. The highest BCUT2D eigenvalue weighted by molar-refractivity contribution is 5.76. The van der Waals surface area contributed by atoms with Crippen LogP contribution in [0.5, 0.6) is 0 Å². The second kappa shape index (κ2) is 21.6. The van der Waals surface area contributed by atoms with E-state index in [-0.39, 0.29) is 18.9 Å². The molecule has 0 radical (unpaired) electrons. The first-order chi connectivity index (χ1) is 14.5. The number of aliphatic hydroxyl groups is 3. The van der Waals surface area contributed by atoms with E-state index in [0.717, 1.165) is 25.7 Å². The maximum Gasteiger partial charge on any atom is 0.222 e. The minimum Gasteiger partial charge on any atom is -0.394 e. The highest BCUT2D eigenvalue weighted by Gasteiger charge is 2.21. The molecule has 0 aromatic rings. The molecule has 1 unspecified atom stereocenters. The maximum atomic E-state index is 12.0. The predicted octanol–water partition coefficient (Wildman–Crippen LogP) is 5.25. The summed E-state index contributed by atoms with van der Waals surface area (Å²) >= 11 is 0.